The maximum absolute atomic E-state index is 13.5. The van der Waals surface area contributed by atoms with Crippen LogP contribution in [0, 0.1) is 11.7 Å². The lowest BCUT2D eigenvalue weighted by atomic mass is 9.92. The van der Waals surface area contributed by atoms with E-state index in [-0.39, 0.29) is 34.6 Å². The standard InChI is InChI=1S/C38H51FN2O4Si/c1-38(2,3)46(4,5)45-28-34(25-30-14-17-35(18-15-30)44-27-32-10-7-6-8-11-32)40-36(42)26-31-20-22-41(23-21-31)37(43)19-16-29-12-9-13-33(39)24-29/h6-15,17-18,24,31,34H,16,19-23,25-28H2,1-5H3,(H,40,42). The van der Waals surface area contributed by atoms with E-state index >= 15 is 0 Å². The maximum atomic E-state index is 13.5. The Morgan fingerprint density at radius 2 is 1.61 bits per heavy atom. The van der Waals surface area contributed by atoms with Crippen LogP contribution in [0.2, 0.25) is 18.1 Å². The average molecular weight is 647 g/mol. The van der Waals surface area contributed by atoms with Gasteiger partial charge in [0.2, 0.25) is 11.8 Å². The molecule has 0 aromatic heterocycles. The molecule has 4 rings (SSSR count). The molecule has 2 amide bonds. The average Bonchev–Trinajstić information content (AvgIpc) is 3.02. The highest BCUT2D eigenvalue weighted by Gasteiger charge is 2.37. The SMILES string of the molecule is CC(C)(C)[Si](C)(C)OCC(Cc1ccc(OCc2ccccc2)cc1)NC(=O)CC1CCN(C(=O)CCc2cccc(F)c2)CC1. The molecule has 248 valence electrons. The highest BCUT2D eigenvalue weighted by Crippen LogP contribution is 2.36. The smallest absolute Gasteiger partial charge is 0.222 e. The van der Waals surface area contributed by atoms with Crippen LogP contribution in [-0.4, -0.2) is 50.8 Å². The van der Waals surface area contributed by atoms with E-state index < -0.39 is 8.32 Å². The van der Waals surface area contributed by atoms with Gasteiger partial charge >= 0.3 is 0 Å². The van der Waals surface area contributed by atoms with Gasteiger partial charge in [0.1, 0.15) is 18.2 Å². The molecule has 1 aliphatic rings. The van der Waals surface area contributed by atoms with Crippen molar-refractivity contribution in [3.63, 3.8) is 0 Å². The minimum absolute atomic E-state index is 0.0301. The number of likely N-dealkylation sites (tertiary alicyclic amines) is 1. The van der Waals surface area contributed by atoms with E-state index in [0.717, 1.165) is 35.3 Å². The fourth-order valence-corrected chi connectivity index (χ4v) is 6.51. The van der Waals surface area contributed by atoms with Crippen molar-refractivity contribution in [2.45, 2.75) is 90.1 Å². The Labute approximate surface area is 275 Å². The Bertz CT molecular complexity index is 1400. The second-order valence-corrected chi connectivity index (χ2v) is 18.9. The van der Waals surface area contributed by atoms with Crippen LogP contribution in [0.15, 0.2) is 78.9 Å². The van der Waals surface area contributed by atoms with E-state index in [1.54, 1.807) is 6.07 Å². The zero-order valence-electron chi connectivity index (χ0n) is 28.2. The minimum Gasteiger partial charge on any atom is -0.489 e. The largest absolute Gasteiger partial charge is 0.489 e. The van der Waals surface area contributed by atoms with Crippen molar-refractivity contribution >= 4 is 20.1 Å². The van der Waals surface area contributed by atoms with Crippen LogP contribution < -0.4 is 10.1 Å². The number of ether oxygens (including phenoxy) is 1. The lowest BCUT2D eigenvalue weighted by Gasteiger charge is -2.37. The molecule has 1 N–H and O–H groups in total. The van der Waals surface area contributed by atoms with Gasteiger partial charge in [-0.25, -0.2) is 4.39 Å². The van der Waals surface area contributed by atoms with E-state index in [2.05, 4.69) is 51.3 Å². The molecular formula is C38H51FN2O4Si. The van der Waals surface area contributed by atoms with Gasteiger partial charge < -0.3 is 19.4 Å². The van der Waals surface area contributed by atoms with E-state index in [4.69, 9.17) is 9.16 Å². The van der Waals surface area contributed by atoms with E-state index in [0.29, 0.717) is 52.0 Å². The van der Waals surface area contributed by atoms with Gasteiger partial charge in [0.15, 0.2) is 8.32 Å². The molecule has 3 aromatic rings. The summed E-state index contributed by atoms with van der Waals surface area (Å²) >= 11 is 0. The molecule has 0 spiro atoms. The number of carbonyl (C=O) groups is 2. The summed E-state index contributed by atoms with van der Waals surface area (Å²) in [6.07, 6.45) is 3.60. The van der Waals surface area contributed by atoms with E-state index in [9.17, 15) is 14.0 Å². The number of carbonyl (C=O) groups excluding carboxylic acids is 2. The molecule has 1 atom stereocenters. The number of rotatable bonds is 14. The van der Waals surface area contributed by atoms with Gasteiger partial charge in [0.05, 0.1) is 12.6 Å². The molecule has 0 aliphatic carbocycles. The van der Waals surface area contributed by atoms with Crippen LogP contribution in [0.5, 0.6) is 5.75 Å². The third-order valence-electron chi connectivity index (χ3n) is 9.43. The van der Waals surface area contributed by atoms with Gasteiger partial charge in [-0.3, -0.25) is 9.59 Å². The normalized spacial score (nSPS) is 15.0. The molecule has 0 radical (unpaired) electrons. The Kier molecular flexibility index (Phi) is 12.6. The first-order chi connectivity index (χ1) is 21.9. The number of piperidine rings is 1. The summed E-state index contributed by atoms with van der Waals surface area (Å²) in [5.74, 6) is 0.883. The number of aryl methyl sites for hydroxylation is 1. The number of halogens is 1. The molecule has 0 bridgehead atoms. The van der Waals surface area contributed by atoms with Crippen molar-refractivity contribution in [2.24, 2.45) is 5.92 Å². The number of amides is 2. The molecule has 1 heterocycles. The van der Waals surface area contributed by atoms with Gasteiger partial charge in [0, 0.05) is 25.9 Å². The maximum Gasteiger partial charge on any atom is 0.222 e. The molecule has 6 nitrogen and oxygen atoms in total. The second kappa shape index (κ2) is 16.4. The summed E-state index contributed by atoms with van der Waals surface area (Å²) in [5, 5.41) is 3.36. The van der Waals surface area contributed by atoms with Crippen molar-refractivity contribution in [2.75, 3.05) is 19.7 Å². The van der Waals surface area contributed by atoms with Gasteiger partial charge in [-0.2, -0.15) is 0 Å². The van der Waals surface area contributed by atoms with Crippen molar-refractivity contribution in [3.8, 4) is 5.75 Å². The first-order valence-corrected chi connectivity index (χ1v) is 19.5. The number of nitrogens with zero attached hydrogens (tertiary/aromatic N) is 1. The number of nitrogens with one attached hydrogen (secondary N) is 1. The fourth-order valence-electron chi connectivity index (χ4n) is 5.46. The van der Waals surface area contributed by atoms with Crippen LogP contribution in [0.4, 0.5) is 4.39 Å². The van der Waals surface area contributed by atoms with Crippen LogP contribution in [-0.2, 0) is 33.5 Å². The molecule has 0 saturated carbocycles. The van der Waals surface area contributed by atoms with Crippen LogP contribution in [0.1, 0.15) is 63.1 Å². The molecule has 1 unspecified atom stereocenters. The Hall–Kier alpha value is -3.49. The zero-order valence-corrected chi connectivity index (χ0v) is 29.2. The van der Waals surface area contributed by atoms with Crippen molar-refractivity contribution in [3.05, 3.63) is 101 Å². The lowest BCUT2D eigenvalue weighted by molar-refractivity contribution is -0.132. The molecule has 46 heavy (non-hydrogen) atoms. The van der Waals surface area contributed by atoms with Crippen LogP contribution in [0.3, 0.4) is 0 Å². The first kappa shape index (κ1) is 35.4. The number of hydrogen-bond acceptors (Lipinski definition) is 4. The van der Waals surface area contributed by atoms with Gasteiger partial charge in [-0.15, -0.1) is 0 Å². The third-order valence-corrected chi connectivity index (χ3v) is 13.9. The topological polar surface area (TPSA) is 67.9 Å². The summed E-state index contributed by atoms with van der Waals surface area (Å²) in [6, 6.07) is 24.5. The van der Waals surface area contributed by atoms with E-state index in [1.807, 2.05) is 53.4 Å². The Balaban J connectivity index is 1.28. The Morgan fingerprint density at radius 1 is 0.935 bits per heavy atom. The summed E-state index contributed by atoms with van der Waals surface area (Å²) in [5.41, 5.74) is 3.07. The van der Waals surface area contributed by atoms with E-state index in [1.165, 1.54) is 12.1 Å². The van der Waals surface area contributed by atoms with Gasteiger partial charge in [0.25, 0.3) is 0 Å². The summed E-state index contributed by atoms with van der Waals surface area (Å²) in [4.78, 5) is 28.0. The van der Waals surface area contributed by atoms with Crippen molar-refractivity contribution in [1.82, 2.24) is 10.2 Å². The van der Waals surface area contributed by atoms with Crippen molar-refractivity contribution < 1.29 is 23.1 Å². The molecule has 1 saturated heterocycles. The zero-order chi connectivity index (χ0) is 33.2. The number of hydrogen-bond donors (Lipinski definition) is 1. The second-order valence-electron chi connectivity index (χ2n) is 14.1. The lowest BCUT2D eigenvalue weighted by Crippen LogP contribution is -2.47. The molecule has 1 fully saturated rings. The van der Waals surface area contributed by atoms with Crippen LogP contribution >= 0.6 is 0 Å². The predicted octanol–water partition coefficient (Wildman–Crippen LogP) is 7.72. The minimum atomic E-state index is -2.01. The quantitative estimate of drug-likeness (QED) is 0.182. The fraction of sp³-hybridized carbons (Fsp3) is 0.474. The van der Waals surface area contributed by atoms with Gasteiger partial charge in [-0.1, -0.05) is 75.4 Å². The Morgan fingerprint density at radius 3 is 2.26 bits per heavy atom. The molecule has 3 aromatic carbocycles. The molecular weight excluding hydrogens is 596 g/mol. The number of benzene rings is 3. The van der Waals surface area contributed by atoms with Gasteiger partial charge in [-0.05, 0) is 90.7 Å². The molecule has 1 aliphatic heterocycles. The van der Waals surface area contributed by atoms with Crippen molar-refractivity contribution in [1.29, 1.82) is 0 Å². The summed E-state index contributed by atoms with van der Waals surface area (Å²) < 4.78 is 26.0. The highest BCUT2D eigenvalue weighted by atomic mass is 28.4. The highest BCUT2D eigenvalue weighted by molar-refractivity contribution is 6.74. The molecule has 8 heteroatoms. The third kappa shape index (κ3) is 11.1. The predicted molar refractivity (Wildman–Crippen MR) is 185 cm³/mol. The van der Waals surface area contributed by atoms with Crippen LogP contribution in [0.25, 0.3) is 0 Å². The monoisotopic (exact) mass is 646 g/mol. The summed E-state index contributed by atoms with van der Waals surface area (Å²) in [7, 11) is -2.01. The summed E-state index contributed by atoms with van der Waals surface area (Å²) in [6.45, 7) is 13.4. The first-order valence-electron chi connectivity index (χ1n) is 16.6.